The van der Waals surface area contributed by atoms with Crippen molar-refractivity contribution in [2.75, 3.05) is 20.1 Å². The fourth-order valence-corrected chi connectivity index (χ4v) is 2.89. The second-order valence-electron chi connectivity index (χ2n) is 6.19. The van der Waals surface area contributed by atoms with Gasteiger partial charge < -0.3 is 19.4 Å². The number of likely N-dealkylation sites (N-methyl/N-ethyl adjacent to an activating group) is 1. The van der Waals surface area contributed by atoms with Crippen LogP contribution < -0.4 is 10.1 Å². The van der Waals surface area contributed by atoms with Gasteiger partial charge in [0.25, 0.3) is 5.91 Å². The molecule has 1 fully saturated rings. The van der Waals surface area contributed by atoms with Gasteiger partial charge in [-0.05, 0) is 38.6 Å². The van der Waals surface area contributed by atoms with E-state index in [0.717, 1.165) is 13.0 Å². The largest absolute Gasteiger partial charge is 0.481 e. The van der Waals surface area contributed by atoms with Crippen molar-refractivity contribution in [1.29, 1.82) is 0 Å². The third kappa shape index (κ3) is 4.57. The van der Waals surface area contributed by atoms with E-state index in [1.165, 1.54) is 31.2 Å². The fraction of sp³-hybridized carbons (Fsp3) is 0.444. The zero-order valence-corrected chi connectivity index (χ0v) is 14.2. The van der Waals surface area contributed by atoms with Crippen molar-refractivity contribution in [2.24, 2.45) is 0 Å². The Bertz CT molecular complexity index is 719. The molecule has 6 nitrogen and oxygen atoms in total. The van der Waals surface area contributed by atoms with Gasteiger partial charge in [0.05, 0.1) is 0 Å². The average Bonchev–Trinajstić information content (AvgIpc) is 3.09. The van der Waals surface area contributed by atoms with E-state index in [-0.39, 0.29) is 29.8 Å². The Morgan fingerprint density at radius 3 is 3.08 bits per heavy atom. The van der Waals surface area contributed by atoms with Gasteiger partial charge in [-0.1, -0.05) is 18.6 Å². The molecule has 3 rings (SSSR count). The highest BCUT2D eigenvalue weighted by atomic mass is 19.1. The first kappa shape index (κ1) is 17.4. The summed E-state index contributed by atoms with van der Waals surface area (Å²) in [5.41, 5.74) is 0.200. The quantitative estimate of drug-likeness (QED) is 0.870. The number of nitrogens with one attached hydrogen (secondary N) is 1. The highest BCUT2D eigenvalue weighted by Gasteiger charge is 2.20. The Kier molecular flexibility index (Phi) is 5.65. The number of carbonyl (C=O) groups is 1. The first-order valence-electron chi connectivity index (χ1n) is 8.43. The summed E-state index contributed by atoms with van der Waals surface area (Å²) >= 11 is 0. The van der Waals surface area contributed by atoms with Crippen molar-refractivity contribution < 1.29 is 18.3 Å². The summed E-state index contributed by atoms with van der Waals surface area (Å²) in [6, 6.07) is 6.45. The number of hydrogen-bond acceptors (Lipinski definition) is 5. The third-order valence-corrected chi connectivity index (χ3v) is 4.39. The van der Waals surface area contributed by atoms with Gasteiger partial charge in [0.15, 0.2) is 23.9 Å². The van der Waals surface area contributed by atoms with E-state index in [4.69, 9.17) is 9.15 Å². The highest BCUT2D eigenvalue weighted by Crippen LogP contribution is 2.17. The standard InChI is InChI=1S/C18H22FN3O3/c1-22-9-5-4-6-13(22)10-20-18(23)15-11-25-17(21-15)12-24-16-8-3-2-7-14(16)19/h2-3,7-8,11,13H,4-6,9-10,12H2,1H3,(H,20,23)/t13-/m0/s1. The van der Waals surface area contributed by atoms with Crippen molar-refractivity contribution >= 4 is 5.91 Å². The number of oxazole rings is 1. The Labute approximate surface area is 146 Å². The molecule has 0 aliphatic carbocycles. The molecule has 1 amide bonds. The van der Waals surface area contributed by atoms with Gasteiger partial charge in [0.1, 0.15) is 6.26 Å². The number of halogens is 1. The molecule has 0 unspecified atom stereocenters. The number of carbonyl (C=O) groups excluding carboxylic acids is 1. The number of para-hydroxylation sites is 1. The first-order valence-corrected chi connectivity index (χ1v) is 8.43. The van der Waals surface area contributed by atoms with Gasteiger partial charge in [-0.15, -0.1) is 0 Å². The number of likely N-dealkylation sites (tertiary alicyclic amines) is 1. The predicted octanol–water partition coefficient (Wildman–Crippen LogP) is 2.61. The number of aromatic nitrogens is 1. The number of rotatable bonds is 6. The normalized spacial score (nSPS) is 18.1. The molecule has 1 atom stereocenters. The summed E-state index contributed by atoms with van der Waals surface area (Å²) in [5.74, 6) is -0.390. The smallest absolute Gasteiger partial charge is 0.273 e. The molecule has 0 radical (unpaired) electrons. The molecular formula is C18H22FN3O3. The maximum absolute atomic E-state index is 13.5. The minimum absolute atomic E-state index is 0.0421. The Morgan fingerprint density at radius 2 is 2.28 bits per heavy atom. The Morgan fingerprint density at radius 1 is 1.44 bits per heavy atom. The number of hydrogen-bond donors (Lipinski definition) is 1. The van der Waals surface area contributed by atoms with Crippen molar-refractivity contribution in [3.8, 4) is 5.75 Å². The van der Waals surface area contributed by atoms with E-state index in [2.05, 4.69) is 22.2 Å². The van der Waals surface area contributed by atoms with Gasteiger partial charge in [0, 0.05) is 12.6 Å². The molecule has 0 bridgehead atoms. The first-order chi connectivity index (χ1) is 12.1. The minimum atomic E-state index is -0.455. The van der Waals surface area contributed by atoms with Gasteiger partial charge in [-0.25, -0.2) is 9.37 Å². The van der Waals surface area contributed by atoms with Crippen LogP contribution in [0.3, 0.4) is 0 Å². The lowest BCUT2D eigenvalue weighted by molar-refractivity contribution is 0.0923. The zero-order chi connectivity index (χ0) is 17.6. The maximum atomic E-state index is 13.5. The van der Waals surface area contributed by atoms with Crippen LogP contribution in [0.25, 0.3) is 0 Å². The number of benzene rings is 1. The van der Waals surface area contributed by atoms with Gasteiger partial charge in [-0.2, -0.15) is 0 Å². The lowest BCUT2D eigenvalue weighted by Crippen LogP contribution is -2.44. The summed E-state index contributed by atoms with van der Waals surface area (Å²) in [5, 5.41) is 2.89. The third-order valence-electron chi connectivity index (χ3n) is 4.39. The van der Waals surface area contributed by atoms with E-state index >= 15 is 0 Å². The molecule has 1 saturated heterocycles. The van der Waals surface area contributed by atoms with Crippen LogP contribution in [0.2, 0.25) is 0 Å². The molecule has 7 heteroatoms. The van der Waals surface area contributed by atoms with Crippen LogP contribution >= 0.6 is 0 Å². The van der Waals surface area contributed by atoms with Crippen LogP contribution in [0.5, 0.6) is 5.75 Å². The van der Waals surface area contributed by atoms with Crippen molar-refractivity contribution in [3.63, 3.8) is 0 Å². The van der Waals surface area contributed by atoms with E-state index in [9.17, 15) is 9.18 Å². The molecule has 1 aliphatic rings. The summed E-state index contributed by atoms with van der Waals surface area (Å²) < 4.78 is 24.0. The van der Waals surface area contributed by atoms with Crippen LogP contribution in [0.1, 0.15) is 35.6 Å². The van der Waals surface area contributed by atoms with Crippen molar-refractivity contribution in [3.05, 3.63) is 47.9 Å². The number of piperidine rings is 1. The SMILES string of the molecule is CN1CCCC[C@H]1CNC(=O)c1coc(COc2ccccc2F)n1. The summed E-state index contributed by atoms with van der Waals surface area (Å²) in [7, 11) is 2.07. The summed E-state index contributed by atoms with van der Waals surface area (Å²) in [4.78, 5) is 18.5. The lowest BCUT2D eigenvalue weighted by Gasteiger charge is -2.32. The van der Waals surface area contributed by atoms with Crippen LogP contribution in [-0.2, 0) is 6.61 Å². The Balaban J connectivity index is 1.50. The van der Waals surface area contributed by atoms with E-state index in [1.54, 1.807) is 12.1 Å². The molecule has 1 N–H and O–H groups in total. The van der Waals surface area contributed by atoms with Crippen LogP contribution in [0, 0.1) is 5.82 Å². The van der Waals surface area contributed by atoms with Gasteiger partial charge in [0.2, 0.25) is 5.89 Å². The predicted molar refractivity (Wildman–Crippen MR) is 89.8 cm³/mol. The number of ether oxygens (including phenoxy) is 1. The van der Waals surface area contributed by atoms with Crippen LogP contribution in [0.4, 0.5) is 4.39 Å². The minimum Gasteiger partial charge on any atom is -0.481 e. The molecule has 1 aliphatic heterocycles. The van der Waals surface area contributed by atoms with Crippen molar-refractivity contribution in [1.82, 2.24) is 15.2 Å². The number of amides is 1. The van der Waals surface area contributed by atoms with Gasteiger partial charge >= 0.3 is 0 Å². The van der Waals surface area contributed by atoms with E-state index < -0.39 is 5.82 Å². The lowest BCUT2D eigenvalue weighted by atomic mass is 10.0. The number of nitrogens with zero attached hydrogens (tertiary/aromatic N) is 2. The summed E-state index contributed by atoms with van der Waals surface area (Å²) in [6.07, 6.45) is 4.76. The second kappa shape index (κ2) is 8.11. The molecule has 0 spiro atoms. The van der Waals surface area contributed by atoms with E-state index in [1.807, 2.05) is 0 Å². The molecule has 2 heterocycles. The maximum Gasteiger partial charge on any atom is 0.273 e. The molecule has 1 aromatic heterocycles. The van der Waals surface area contributed by atoms with Crippen LogP contribution in [0.15, 0.2) is 34.9 Å². The molecule has 25 heavy (non-hydrogen) atoms. The highest BCUT2D eigenvalue weighted by molar-refractivity contribution is 5.91. The van der Waals surface area contributed by atoms with Gasteiger partial charge in [-0.3, -0.25) is 4.79 Å². The monoisotopic (exact) mass is 347 g/mol. The molecule has 2 aromatic rings. The Hall–Kier alpha value is -2.41. The molecule has 0 saturated carbocycles. The second-order valence-corrected chi connectivity index (χ2v) is 6.19. The fourth-order valence-electron chi connectivity index (χ4n) is 2.89. The zero-order valence-electron chi connectivity index (χ0n) is 14.2. The van der Waals surface area contributed by atoms with E-state index in [0.29, 0.717) is 12.6 Å². The van der Waals surface area contributed by atoms with Crippen LogP contribution in [-0.4, -0.2) is 42.0 Å². The van der Waals surface area contributed by atoms with Crippen molar-refractivity contribution in [2.45, 2.75) is 31.9 Å². The average molecular weight is 347 g/mol. The topological polar surface area (TPSA) is 67.6 Å². The molecule has 134 valence electrons. The molecular weight excluding hydrogens is 325 g/mol. The molecule has 1 aromatic carbocycles. The summed E-state index contributed by atoms with van der Waals surface area (Å²) in [6.45, 7) is 1.60.